The number of allylic oxidation sites excluding steroid dienone is 1. The molecular formula is C9H11BF2N2. The first-order chi connectivity index (χ1) is 5.93. The van der Waals surface area contributed by atoms with Crippen molar-refractivity contribution in [1.29, 1.82) is 0 Å². The SMILES string of the molecule is B1N2CC=CC2=Cc2cccn21.F.F. The van der Waals surface area contributed by atoms with Gasteiger partial charge in [-0.2, -0.15) is 0 Å². The highest BCUT2D eigenvalue weighted by Crippen LogP contribution is 2.21. The van der Waals surface area contributed by atoms with Gasteiger partial charge in [0.25, 0.3) is 0 Å². The molecule has 5 heteroatoms. The van der Waals surface area contributed by atoms with E-state index >= 15 is 0 Å². The normalized spacial score (nSPS) is 15.7. The average molecular weight is 196 g/mol. The maximum absolute atomic E-state index is 2.35. The molecule has 0 saturated heterocycles. The van der Waals surface area contributed by atoms with Gasteiger partial charge in [0.1, 0.15) is 0 Å². The molecule has 0 unspecified atom stereocenters. The summed E-state index contributed by atoms with van der Waals surface area (Å²) in [7, 11) is 1.00. The Kier molecular flexibility index (Phi) is 2.79. The molecule has 0 amide bonds. The molecule has 2 nitrogen and oxygen atoms in total. The van der Waals surface area contributed by atoms with E-state index in [9.17, 15) is 0 Å². The maximum Gasteiger partial charge on any atom is 0.361 e. The van der Waals surface area contributed by atoms with Crippen molar-refractivity contribution >= 4 is 13.6 Å². The van der Waals surface area contributed by atoms with E-state index in [0.29, 0.717) is 0 Å². The van der Waals surface area contributed by atoms with Gasteiger partial charge in [0, 0.05) is 17.9 Å². The minimum absolute atomic E-state index is 0. The van der Waals surface area contributed by atoms with Gasteiger partial charge in [-0.3, -0.25) is 9.41 Å². The van der Waals surface area contributed by atoms with Gasteiger partial charge < -0.3 is 9.29 Å². The highest BCUT2D eigenvalue weighted by Gasteiger charge is 2.18. The predicted octanol–water partition coefficient (Wildman–Crippen LogP) is 1.13. The molecule has 0 aliphatic carbocycles. The lowest BCUT2D eigenvalue weighted by atomic mass is 10.0. The van der Waals surface area contributed by atoms with Gasteiger partial charge >= 0.3 is 7.55 Å². The summed E-state index contributed by atoms with van der Waals surface area (Å²) in [6.07, 6.45) is 8.75. The van der Waals surface area contributed by atoms with Crippen molar-refractivity contribution < 1.29 is 9.41 Å². The van der Waals surface area contributed by atoms with Crippen LogP contribution in [-0.2, 0) is 0 Å². The number of rotatable bonds is 0. The van der Waals surface area contributed by atoms with Crippen molar-refractivity contribution in [3.05, 3.63) is 41.9 Å². The molecule has 0 N–H and O–H groups in total. The largest absolute Gasteiger partial charge is 0.395 e. The Morgan fingerprint density at radius 3 is 3.00 bits per heavy atom. The first-order valence-corrected chi connectivity index (χ1v) is 4.22. The number of fused-ring (bicyclic) bond motifs is 2. The fraction of sp³-hybridized carbons (Fsp3) is 0.111. The number of aromatic nitrogens is 1. The Hall–Kier alpha value is -1.52. The van der Waals surface area contributed by atoms with Crippen LogP contribution in [0.4, 0.5) is 9.41 Å². The molecule has 2 aliphatic heterocycles. The summed E-state index contributed by atoms with van der Waals surface area (Å²) in [4.78, 5) is 2.35. The van der Waals surface area contributed by atoms with Crippen LogP contribution in [0.2, 0.25) is 0 Å². The lowest BCUT2D eigenvalue weighted by Gasteiger charge is -2.24. The Labute approximate surface area is 81.5 Å². The van der Waals surface area contributed by atoms with Crippen molar-refractivity contribution in [3.63, 3.8) is 0 Å². The summed E-state index contributed by atoms with van der Waals surface area (Å²) in [5, 5.41) is 0. The van der Waals surface area contributed by atoms with E-state index in [2.05, 4.69) is 45.8 Å². The molecule has 2 aliphatic rings. The summed E-state index contributed by atoms with van der Waals surface area (Å²) >= 11 is 0. The third-order valence-corrected chi connectivity index (χ3v) is 2.46. The lowest BCUT2D eigenvalue weighted by Crippen LogP contribution is -2.32. The Bertz CT molecular complexity index is 384. The van der Waals surface area contributed by atoms with Crippen LogP contribution in [0.25, 0.3) is 6.08 Å². The molecule has 0 atom stereocenters. The molecule has 3 heterocycles. The van der Waals surface area contributed by atoms with Crippen LogP contribution in [-0.4, -0.2) is 23.4 Å². The number of nitrogens with zero attached hydrogens (tertiary/aromatic N) is 2. The number of hydrogen-bond acceptors (Lipinski definition) is 1. The second-order valence-corrected chi connectivity index (χ2v) is 3.24. The molecule has 1 aromatic rings. The third kappa shape index (κ3) is 1.34. The van der Waals surface area contributed by atoms with Gasteiger partial charge in [0.05, 0.1) is 0 Å². The Morgan fingerprint density at radius 1 is 1.29 bits per heavy atom. The molecule has 0 radical (unpaired) electrons. The van der Waals surface area contributed by atoms with Crippen LogP contribution < -0.4 is 0 Å². The third-order valence-electron chi connectivity index (χ3n) is 2.46. The molecule has 0 aromatic carbocycles. The number of halogens is 2. The topological polar surface area (TPSA) is 8.17 Å². The zero-order valence-electron chi connectivity index (χ0n) is 7.59. The lowest BCUT2D eigenvalue weighted by molar-refractivity contribution is 0.633. The smallest absolute Gasteiger partial charge is 0.361 e. The molecule has 74 valence electrons. The van der Waals surface area contributed by atoms with Gasteiger partial charge in [0.15, 0.2) is 0 Å². The average Bonchev–Trinajstić information content (AvgIpc) is 2.64. The quantitative estimate of drug-likeness (QED) is 0.564. The van der Waals surface area contributed by atoms with Crippen LogP contribution in [0.15, 0.2) is 36.2 Å². The van der Waals surface area contributed by atoms with Gasteiger partial charge in [-0.25, -0.2) is 0 Å². The van der Waals surface area contributed by atoms with Crippen LogP contribution in [0, 0.1) is 0 Å². The number of hydrogen-bond donors (Lipinski definition) is 0. The Balaban J connectivity index is 0.000000490. The summed E-state index contributed by atoms with van der Waals surface area (Å²) in [5.41, 5.74) is 2.66. The molecule has 3 rings (SSSR count). The van der Waals surface area contributed by atoms with Crippen molar-refractivity contribution in [2.75, 3.05) is 6.54 Å². The first-order valence-electron chi connectivity index (χ1n) is 4.22. The summed E-state index contributed by atoms with van der Waals surface area (Å²) in [5.74, 6) is 0. The van der Waals surface area contributed by atoms with Gasteiger partial charge in [-0.15, -0.1) is 0 Å². The van der Waals surface area contributed by atoms with Crippen molar-refractivity contribution in [2.24, 2.45) is 0 Å². The van der Waals surface area contributed by atoms with Gasteiger partial charge in [0.2, 0.25) is 0 Å². The molecule has 1 aromatic heterocycles. The molecule has 0 bridgehead atoms. The highest BCUT2D eigenvalue weighted by atomic mass is 19.0. The highest BCUT2D eigenvalue weighted by molar-refractivity contribution is 6.32. The van der Waals surface area contributed by atoms with Crippen molar-refractivity contribution in [1.82, 2.24) is 9.29 Å². The fourth-order valence-corrected chi connectivity index (χ4v) is 1.81. The molecule has 0 saturated carbocycles. The summed E-state index contributed by atoms with van der Waals surface area (Å²) in [6.45, 7) is 1.06. The maximum atomic E-state index is 2.35. The van der Waals surface area contributed by atoms with Crippen LogP contribution >= 0.6 is 0 Å². The van der Waals surface area contributed by atoms with Crippen molar-refractivity contribution in [2.45, 2.75) is 0 Å². The van der Waals surface area contributed by atoms with Crippen LogP contribution in [0.5, 0.6) is 0 Å². The molecule has 0 spiro atoms. The van der Waals surface area contributed by atoms with E-state index in [-0.39, 0.29) is 9.41 Å². The second-order valence-electron chi connectivity index (χ2n) is 3.24. The van der Waals surface area contributed by atoms with Crippen LogP contribution in [0.3, 0.4) is 0 Å². The van der Waals surface area contributed by atoms with Gasteiger partial charge in [-0.1, -0.05) is 6.08 Å². The van der Waals surface area contributed by atoms with E-state index in [4.69, 9.17) is 0 Å². The van der Waals surface area contributed by atoms with Crippen LogP contribution in [0.1, 0.15) is 5.69 Å². The van der Waals surface area contributed by atoms with E-state index in [1.54, 1.807) is 0 Å². The fourth-order valence-electron chi connectivity index (χ4n) is 1.81. The Morgan fingerprint density at radius 2 is 2.14 bits per heavy atom. The standard InChI is InChI=1S/C9H9BN2.2FH/c1-3-8-7-9-4-2-6-12(9)10-11(8)5-1;;/h1-5,7,10H,6H2;2*1H. The zero-order chi connectivity index (χ0) is 7.97. The van der Waals surface area contributed by atoms with E-state index in [1.165, 1.54) is 11.4 Å². The van der Waals surface area contributed by atoms with Crippen molar-refractivity contribution in [3.8, 4) is 0 Å². The molecule has 0 fully saturated rings. The predicted molar refractivity (Wildman–Crippen MR) is 55.8 cm³/mol. The van der Waals surface area contributed by atoms with E-state index < -0.39 is 0 Å². The molecular weight excluding hydrogens is 185 g/mol. The zero-order valence-corrected chi connectivity index (χ0v) is 7.59. The minimum Gasteiger partial charge on any atom is -0.395 e. The first kappa shape index (κ1) is 10.6. The summed E-state index contributed by atoms with van der Waals surface area (Å²) in [6, 6.07) is 4.24. The second kappa shape index (κ2) is 3.70. The van der Waals surface area contributed by atoms with E-state index in [1.807, 2.05) is 0 Å². The molecule has 14 heavy (non-hydrogen) atoms. The monoisotopic (exact) mass is 196 g/mol. The van der Waals surface area contributed by atoms with Gasteiger partial charge in [-0.05, 0) is 30.5 Å². The minimum atomic E-state index is 0. The summed E-state index contributed by atoms with van der Waals surface area (Å²) < 4.78 is 2.26. The van der Waals surface area contributed by atoms with E-state index in [0.717, 1.165) is 14.1 Å².